The number of para-hydroxylation sites is 1. The number of carbonyl (C=O) groups excluding carboxylic acids is 1. The SMILES string of the molecule is Cc1cccc(NC(=O)CSc2ccc(N3CCN(c4ccccc4Cl)CC3)nn2)c1. The first kappa shape index (κ1) is 21.5. The Labute approximate surface area is 191 Å². The van der Waals surface area contributed by atoms with Gasteiger partial charge in [-0.05, 0) is 48.9 Å². The van der Waals surface area contributed by atoms with Gasteiger partial charge in [-0.3, -0.25) is 4.79 Å². The van der Waals surface area contributed by atoms with Gasteiger partial charge in [0, 0.05) is 31.9 Å². The molecule has 3 aromatic rings. The maximum Gasteiger partial charge on any atom is 0.234 e. The number of anilines is 3. The van der Waals surface area contributed by atoms with E-state index in [4.69, 9.17) is 11.6 Å². The number of rotatable bonds is 6. The quantitative estimate of drug-likeness (QED) is 0.554. The van der Waals surface area contributed by atoms with Crippen LogP contribution in [0, 0.1) is 6.92 Å². The summed E-state index contributed by atoms with van der Waals surface area (Å²) in [6, 6.07) is 19.6. The molecule has 1 fully saturated rings. The third-order valence-electron chi connectivity index (χ3n) is 5.08. The Morgan fingerprint density at radius 2 is 1.77 bits per heavy atom. The number of aryl methyl sites for hydroxylation is 1. The van der Waals surface area contributed by atoms with Crippen LogP contribution in [-0.2, 0) is 4.79 Å². The predicted molar refractivity (Wildman–Crippen MR) is 128 cm³/mol. The van der Waals surface area contributed by atoms with Gasteiger partial charge in [0.15, 0.2) is 5.82 Å². The first-order valence-corrected chi connectivity index (χ1v) is 11.5. The van der Waals surface area contributed by atoms with Crippen molar-refractivity contribution in [3.8, 4) is 0 Å². The van der Waals surface area contributed by atoms with Gasteiger partial charge in [0.1, 0.15) is 5.03 Å². The van der Waals surface area contributed by atoms with Crippen LogP contribution < -0.4 is 15.1 Å². The summed E-state index contributed by atoms with van der Waals surface area (Å²) in [7, 11) is 0. The molecule has 8 heteroatoms. The number of nitrogens with one attached hydrogen (secondary N) is 1. The molecule has 1 amide bonds. The molecule has 4 rings (SSSR count). The van der Waals surface area contributed by atoms with E-state index in [9.17, 15) is 4.79 Å². The summed E-state index contributed by atoms with van der Waals surface area (Å²) in [5.74, 6) is 1.09. The minimum absolute atomic E-state index is 0.0582. The van der Waals surface area contributed by atoms with Crippen molar-refractivity contribution in [1.82, 2.24) is 10.2 Å². The van der Waals surface area contributed by atoms with E-state index < -0.39 is 0 Å². The number of amides is 1. The molecule has 0 radical (unpaired) electrons. The summed E-state index contributed by atoms with van der Waals surface area (Å²) in [4.78, 5) is 16.7. The predicted octanol–water partition coefficient (Wildman–Crippen LogP) is 4.50. The molecule has 1 saturated heterocycles. The molecule has 2 aromatic carbocycles. The van der Waals surface area contributed by atoms with E-state index >= 15 is 0 Å². The highest BCUT2D eigenvalue weighted by molar-refractivity contribution is 7.99. The molecule has 0 unspecified atom stereocenters. The summed E-state index contributed by atoms with van der Waals surface area (Å²) < 4.78 is 0. The Morgan fingerprint density at radius 1 is 1.00 bits per heavy atom. The minimum atomic E-state index is -0.0582. The van der Waals surface area contributed by atoms with E-state index in [0.717, 1.165) is 59.0 Å². The molecule has 1 aliphatic heterocycles. The maximum atomic E-state index is 12.2. The summed E-state index contributed by atoms with van der Waals surface area (Å²) in [6.45, 7) is 5.46. The van der Waals surface area contributed by atoms with Crippen molar-refractivity contribution >= 4 is 46.5 Å². The van der Waals surface area contributed by atoms with E-state index in [0.29, 0.717) is 5.75 Å². The van der Waals surface area contributed by atoms with E-state index in [2.05, 4.69) is 31.4 Å². The van der Waals surface area contributed by atoms with Crippen molar-refractivity contribution < 1.29 is 4.79 Å². The van der Waals surface area contributed by atoms with Crippen LogP contribution in [0.5, 0.6) is 0 Å². The highest BCUT2D eigenvalue weighted by Gasteiger charge is 2.20. The Bertz CT molecular complexity index is 1040. The van der Waals surface area contributed by atoms with Gasteiger partial charge in [-0.1, -0.05) is 47.6 Å². The van der Waals surface area contributed by atoms with E-state index in [1.165, 1.54) is 11.8 Å². The van der Waals surface area contributed by atoms with Crippen molar-refractivity contribution in [2.45, 2.75) is 11.9 Å². The van der Waals surface area contributed by atoms with Crippen LogP contribution >= 0.6 is 23.4 Å². The van der Waals surface area contributed by atoms with Crippen molar-refractivity contribution in [3.05, 3.63) is 71.2 Å². The molecule has 2 heterocycles. The summed E-state index contributed by atoms with van der Waals surface area (Å²) in [5.41, 5.74) is 2.99. The number of carbonyl (C=O) groups is 1. The first-order valence-electron chi connectivity index (χ1n) is 10.2. The standard InChI is InChI=1S/C23H24ClN5OS/c1-17-5-4-6-18(15-17)25-22(30)16-31-23-10-9-21(26-27-23)29-13-11-28(12-14-29)20-8-3-2-7-19(20)24/h2-10,15H,11-14,16H2,1H3,(H,25,30). The van der Waals surface area contributed by atoms with Gasteiger partial charge in [0.2, 0.25) is 5.91 Å². The largest absolute Gasteiger partial charge is 0.367 e. The molecule has 31 heavy (non-hydrogen) atoms. The zero-order valence-corrected chi connectivity index (χ0v) is 18.9. The first-order chi connectivity index (χ1) is 15.1. The molecule has 160 valence electrons. The third-order valence-corrected chi connectivity index (χ3v) is 6.32. The van der Waals surface area contributed by atoms with Gasteiger partial charge in [-0.2, -0.15) is 0 Å². The van der Waals surface area contributed by atoms with Gasteiger partial charge in [0.25, 0.3) is 0 Å². The lowest BCUT2D eigenvalue weighted by Crippen LogP contribution is -2.47. The summed E-state index contributed by atoms with van der Waals surface area (Å²) in [6.07, 6.45) is 0. The molecule has 0 aliphatic carbocycles. The number of benzene rings is 2. The topological polar surface area (TPSA) is 61.4 Å². The van der Waals surface area contributed by atoms with Crippen LogP contribution in [0.1, 0.15) is 5.56 Å². The number of thioether (sulfide) groups is 1. The van der Waals surface area contributed by atoms with Gasteiger partial charge in [-0.25, -0.2) is 0 Å². The molecule has 0 bridgehead atoms. The second kappa shape index (κ2) is 10.0. The van der Waals surface area contributed by atoms with Crippen LogP contribution in [0.4, 0.5) is 17.2 Å². The normalized spacial score (nSPS) is 13.9. The van der Waals surface area contributed by atoms with Crippen LogP contribution in [0.2, 0.25) is 5.02 Å². The van der Waals surface area contributed by atoms with Crippen LogP contribution in [-0.4, -0.2) is 48.0 Å². The molecule has 6 nitrogen and oxygen atoms in total. The van der Waals surface area contributed by atoms with Crippen LogP contribution in [0.25, 0.3) is 0 Å². The monoisotopic (exact) mass is 453 g/mol. The number of nitrogens with zero attached hydrogens (tertiary/aromatic N) is 4. The third kappa shape index (κ3) is 5.68. The fourth-order valence-electron chi connectivity index (χ4n) is 3.50. The lowest BCUT2D eigenvalue weighted by molar-refractivity contribution is -0.113. The van der Waals surface area contributed by atoms with Crippen molar-refractivity contribution in [2.75, 3.05) is 47.0 Å². The maximum absolute atomic E-state index is 12.2. The summed E-state index contributed by atoms with van der Waals surface area (Å²) >= 11 is 7.70. The Hall–Kier alpha value is -2.77. The minimum Gasteiger partial charge on any atom is -0.367 e. The fourth-order valence-corrected chi connectivity index (χ4v) is 4.37. The number of hydrogen-bond acceptors (Lipinski definition) is 6. The number of piperazine rings is 1. The molecular weight excluding hydrogens is 430 g/mol. The Morgan fingerprint density at radius 3 is 2.48 bits per heavy atom. The van der Waals surface area contributed by atoms with Crippen molar-refractivity contribution in [2.24, 2.45) is 0 Å². The Balaban J connectivity index is 1.27. The van der Waals surface area contributed by atoms with Gasteiger partial charge >= 0.3 is 0 Å². The number of aromatic nitrogens is 2. The number of hydrogen-bond donors (Lipinski definition) is 1. The molecule has 0 spiro atoms. The molecule has 1 N–H and O–H groups in total. The molecule has 1 aliphatic rings. The molecule has 0 atom stereocenters. The smallest absolute Gasteiger partial charge is 0.234 e. The molecular formula is C23H24ClN5OS. The van der Waals surface area contributed by atoms with Crippen LogP contribution in [0.3, 0.4) is 0 Å². The van der Waals surface area contributed by atoms with E-state index in [1.807, 2.05) is 61.5 Å². The van der Waals surface area contributed by atoms with E-state index in [-0.39, 0.29) is 5.91 Å². The average molecular weight is 454 g/mol. The fraction of sp³-hybridized carbons (Fsp3) is 0.261. The lowest BCUT2D eigenvalue weighted by atomic mass is 10.2. The van der Waals surface area contributed by atoms with Crippen molar-refractivity contribution in [1.29, 1.82) is 0 Å². The number of halogens is 1. The van der Waals surface area contributed by atoms with E-state index in [1.54, 1.807) is 0 Å². The summed E-state index contributed by atoms with van der Waals surface area (Å²) in [5, 5.41) is 13.1. The van der Waals surface area contributed by atoms with Gasteiger partial charge in [0.05, 0.1) is 16.5 Å². The highest BCUT2D eigenvalue weighted by atomic mass is 35.5. The Kier molecular flexibility index (Phi) is 6.94. The second-order valence-electron chi connectivity index (χ2n) is 7.36. The van der Waals surface area contributed by atoms with Crippen molar-refractivity contribution in [3.63, 3.8) is 0 Å². The lowest BCUT2D eigenvalue weighted by Gasteiger charge is -2.36. The molecule has 1 aromatic heterocycles. The van der Waals surface area contributed by atoms with Crippen LogP contribution in [0.15, 0.2) is 65.7 Å². The molecule has 0 saturated carbocycles. The van der Waals surface area contributed by atoms with Gasteiger partial charge < -0.3 is 15.1 Å². The zero-order valence-electron chi connectivity index (χ0n) is 17.3. The highest BCUT2D eigenvalue weighted by Crippen LogP contribution is 2.27. The zero-order chi connectivity index (χ0) is 21.6. The average Bonchev–Trinajstić information content (AvgIpc) is 2.79. The second-order valence-corrected chi connectivity index (χ2v) is 8.76. The van der Waals surface area contributed by atoms with Gasteiger partial charge in [-0.15, -0.1) is 10.2 Å².